The summed E-state index contributed by atoms with van der Waals surface area (Å²) in [6.07, 6.45) is 2.24. The Kier molecular flexibility index (Phi) is 6.10. The second-order valence-corrected chi connectivity index (χ2v) is 5.02. The number of halogens is 1. The fourth-order valence-corrected chi connectivity index (χ4v) is 1.69. The number of nitrogens with one attached hydrogen (secondary N) is 2. The molecule has 1 aromatic rings. The normalized spacial score (nSPS) is 12.4. The number of nitrogens with zero attached hydrogens (tertiary/aromatic N) is 1. The van der Waals surface area contributed by atoms with Gasteiger partial charge in [0.05, 0.1) is 0 Å². The standard InChI is InChI=1S/C14H16BrN3O/c1-3-10(2)18-14(19)11(8-16)9-17-13-6-4-5-12(15)7-13/h4-7,9-10,17H,3H2,1-2H3,(H,18,19)/b11-9-. The average Bonchev–Trinajstić information content (AvgIpc) is 2.39. The Morgan fingerprint density at radius 2 is 2.32 bits per heavy atom. The number of benzene rings is 1. The summed E-state index contributed by atoms with van der Waals surface area (Å²) in [7, 11) is 0. The van der Waals surface area contributed by atoms with E-state index in [1.165, 1.54) is 6.20 Å². The van der Waals surface area contributed by atoms with Gasteiger partial charge in [0, 0.05) is 22.4 Å². The third-order valence-electron chi connectivity index (χ3n) is 2.56. The van der Waals surface area contributed by atoms with E-state index in [-0.39, 0.29) is 17.5 Å². The van der Waals surface area contributed by atoms with Crippen LogP contribution in [0.2, 0.25) is 0 Å². The number of amides is 1. The van der Waals surface area contributed by atoms with Gasteiger partial charge in [0.15, 0.2) is 0 Å². The maximum absolute atomic E-state index is 11.8. The van der Waals surface area contributed by atoms with Crippen LogP contribution in [-0.2, 0) is 4.79 Å². The predicted octanol–water partition coefficient (Wildman–Crippen LogP) is 3.18. The molecule has 100 valence electrons. The molecule has 1 atom stereocenters. The highest BCUT2D eigenvalue weighted by Crippen LogP contribution is 2.15. The van der Waals surface area contributed by atoms with Crippen LogP contribution in [0.1, 0.15) is 20.3 Å². The van der Waals surface area contributed by atoms with Crippen LogP contribution in [0.15, 0.2) is 40.5 Å². The van der Waals surface area contributed by atoms with Crippen molar-refractivity contribution < 1.29 is 4.79 Å². The van der Waals surface area contributed by atoms with Crippen molar-refractivity contribution in [3.05, 3.63) is 40.5 Å². The summed E-state index contributed by atoms with van der Waals surface area (Å²) >= 11 is 3.35. The Bertz CT molecular complexity index is 520. The molecule has 0 saturated carbocycles. The van der Waals surface area contributed by atoms with Crippen molar-refractivity contribution in [3.8, 4) is 6.07 Å². The molecule has 0 spiro atoms. The fourth-order valence-electron chi connectivity index (χ4n) is 1.29. The Labute approximate surface area is 121 Å². The van der Waals surface area contributed by atoms with Gasteiger partial charge in [-0.3, -0.25) is 4.79 Å². The summed E-state index contributed by atoms with van der Waals surface area (Å²) < 4.78 is 0.925. The lowest BCUT2D eigenvalue weighted by molar-refractivity contribution is -0.117. The third kappa shape index (κ3) is 5.14. The van der Waals surface area contributed by atoms with Gasteiger partial charge in [0.25, 0.3) is 5.91 Å². The molecule has 1 aromatic carbocycles. The zero-order valence-corrected chi connectivity index (χ0v) is 12.5. The highest BCUT2D eigenvalue weighted by molar-refractivity contribution is 9.10. The Balaban J connectivity index is 2.72. The Morgan fingerprint density at radius 3 is 2.89 bits per heavy atom. The first-order chi connectivity index (χ1) is 9.06. The van der Waals surface area contributed by atoms with Gasteiger partial charge in [-0.1, -0.05) is 28.9 Å². The summed E-state index contributed by atoms with van der Waals surface area (Å²) in [5.41, 5.74) is 0.860. The van der Waals surface area contributed by atoms with E-state index < -0.39 is 0 Å². The van der Waals surface area contributed by atoms with Crippen molar-refractivity contribution in [1.29, 1.82) is 5.26 Å². The molecule has 2 N–H and O–H groups in total. The lowest BCUT2D eigenvalue weighted by Crippen LogP contribution is -2.33. The number of carbonyl (C=O) groups is 1. The van der Waals surface area contributed by atoms with E-state index in [0.29, 0.717) is 0 Å². The summed E-state index contributed by atoms with van der Waals surface area (Å²) in [6, 6.07) is 9.42. The van der Waals surface area contributed by atoms with Gasteiger partial charge in [0.2, 0.25) is 0 Å². The highest BCUT2D eigenvalue weighted by Gasteiger charge is 2.10. The number of anilines is 1. The van der Waals surface area contributed by atoms with Crippen LogP contribution < -0.4 is 10.6 Å². The van der Waals surface area contributed by atoms with Gasteiger partial charge >= 0.3 is 0 Å². The van der Waals surface area contributed by atoms with Gasteiger partial charge in [-0.25, -0.2) is 0 Å². The molecule has 0 radical (unpaired) electrons. The van der Waals surface area contributed by atoms with E-state index in [1.807, 2.05) is 44.2 Å². The van der Waals surface area contributed by atoms with Gasteiger partial charge in [0.1, 0.15) is 11.6 Å². The predicted molar refractivity (Wildman–Crippen MR) is 79.4 cm³/mol. The lowest BCUT2D eigenvalue weighted by atomic mass is 10.2. The maximum atomic E-state index is 11.8. The van der Waals surface area contributed by atoms with Gasteiger partial charge in [-0.15, -0.1) is 0 Å². The van der Waals surface area contributed by atoms with Crippen LogP contribution in [-0.4, -0.2) is 11.9 Å². The van der Waals surface area contributed by atoms with E-state index in [0.717, 1.165) is 16.6 Å². The molecule has 1 rings (SSSR count). The van der Waals surface area contributed by atoms with Crippen LogP contribution in [0, 0.1) is 11.3 Å². The summed E-state index contributed by atoms with van der Waals surface area (Å²) in [4.78, 5) is 11.8. The quantitative estimate of drug-likeness (QED) is 0.646. The zero-order valence-electron chi connectivity index (χ0n) is 10.9. The van der Waals surface area contributed by atoms with Crippen molar-refractivity contribution in [2.24, 2.45) is 0 Å². The monoisotopic (exact) mass is 321 g/mol. The number of rotatable bonds is 5. The molecule has 0 fully saturated rings. The first-order valence-corrected chi connectivity index (χ1v) is 6.79. The van der Waals surface area contributed by atoms with Gasteiger partial charge in [-0.05, 0) is 31.5 Å². The van der Waals surface area contributed by atoms with Crippen LogP contribution in [0.3, 0.4) is 0 Å². The number of hydrogen-bond donors (Lipinski definition) is 2. The molecule has 1 amide bonds. The zero-order chi connectivity index (χ0) is 14.3. The maximum Gasteiger partial charge on any atom is 0.263 e. The van der Waals surface area contributed by atoms with Crippen molar-refractivity contribution >= 4 is 27.5 Å². The molecule has 0 aliphatic carbocycles. The molecule has 0 aliphatic heterocycles. The minimum Gasteiger partial charge on any atom is -0.360 e. The molecular formula is C14H16BrN3O. The van der Waals surface area contributed by atoms with Crippen molar-refractivity contribution in [2.45, 2.75) is 26.3 Å². The second-order valence-electron chi connectivity index (χ2n) is 4.11. The lowest BCUT2D eigenvalue weighted by Gasteiger charge is -2.10. The van der Waals surface area contributed by atoms with Crippen molar-refractivity contribution in [3.63, 3.8) is 0 Å². The number of nitriles is 1. The molecule has 0 aromatic heterocycles. The SMILES string of the molecule is CCC(C)NC(=O)/C(C#N)=C\Nc1cccc(Br)c1. The second kappa shape index (κ2) is 7.59. The average molecular weight is 322 g/mol. The van der Waals surface area contributed by atoms with Crippen LogP contribution in [0.25, 0.3) is 0 Å². The minimum absolute atomic E-state index is 0.0510. The van der Waals surface area contributed by atoms with E-state index in [9.17, 15) is 4.79 Å². The molecule has 0 heterocycles. The van der Waals surface area contributed by atoms with E-state index in [4.69, 9.17) is 5.26 Å². The van der Waals surface area contributed by atoms with E-state index >= 15 is 0 Å². The first-order valence-electron chi connectivity index (χ1n) is 6.00. The minimum atomic E-state index is -0.362. The summed E-state index contributed by atoms with van der Waals surface area (Å²) in [5, 5.41) is 14.7. The van der Waals surface area contributed by atoms with Crippen LogP contribution in [0.5, 0.6) is 0 Å². The molecule has 5 heteroatoms. The molecule has 0 saturated heterocycles. The van der Waals surface area contributed by atoms with E-state index in [1.54, 1.807) is 0 Å². The smallest absolute Gasteiger partial charge is 0.263 e. The number of hydrogen-bond acceptors (Lipinski definition) is 3. The fraction of sp³-hybridized carbons (Fsp3) is 0.286. The van der Waals surface area contributed by atoms with Gasteiger partial charge < -0.3 is 10.6 Å². The highest BCUT2D eigenvalue weighted by atomic mass is 79.9. The molecule has 4 nitrogen and oxygen atoms in total. The van der Waals surface area contributed by atoms with Crippen molar-refractivity contribution in [2.75, 3.05) is 5.32 Å². The summed E-state index contributed by atoms with van der Waals surface area (Å²) in [6.45, 7) is 3.87. The van der Waals surface area contributed by atoms with Crippen LogP contribution in [0.4, 0.5) is 5.69 Å². The Morgan fingerprint density at radius 1 is 1.58 bits per heavy atom. The summed E-state index contributed by atoms with van der Waals surface area (Å²) in [5.74, 6) is -0.362. The van der Waals surface area contributed by atoms with Crippen LogP contribution >= 0.6 is 15.9 Å². The molecular weight excluding hydrogens is 306 g/mol. The van der Waals surface area contributed by atoms with Crippen molar-refractivity contribution in [1.82, 2.24) is 5.32 Å². The molecule has 0 bridgehead atoms. The molecule has 0 aliphatic rings. The Hall–Kier alpha value is -1.80. The van der Waals surface area contributed by atoms with Gasteiger partial charge in [-0.2, -0.15) is 5.26 Å². The largest absolute Gasteiger partial charge is 0.360 e. The topological polar surface area (TPSA) is 64.9 Å². The molecule has 19 heavy (non-hydrogen) atoms. The first kappa shape index (κ1) is 15.3. The van der Waals surface area contributed by atoms with E-state index in [2.05, 4.69) is 26.6 Å². The molecule has 1 unspecified atom stereocenters. The number of carbonyl (C=O) groups excluding carboxylic acids is 1. The third-order valence-corrected chi connectivity index (χ3v) is 3.06.